The first-order valence-corrected chi connectivity index (χ1v) is 10.7. The van der Waals surface area contributed by atoms with E-state index in [0.29, 0.717) is 23.5 Å². The fraction of sp³-hybridized carbons (Fsp3) is 0.440. The lowest BCUT2D eigenvalue weighted by Gasteiger charge is -2.49. The van der Waals surface area contributed by atoms with Crippen LogP contribution in [0.4, 0.5) is 4.39 Å². The average Bonchev–Trinajstić information content (AvgIpc) is 3.04. The molecular weight excluding hydrogens is 363 g/mol. The molecule has 1 N–H and O–H groups in total. The maximum absolute atomic E-state index is 13.4. The molecule has 2 aromatic carbocycles. The lowest BCUT2D eigenvalue weighted by Crippen LogP contribution is -2.42. The summed E-state index contributed by atoms with van der Waals surface area (Å²) in [4.78, 5) is 0. The summed E-state index contributed by atoms with van der Waals surface area (Å²) >= 11 is 0. The van der Waals surface area contributed by atoms with E-state index in [2.05, 4.69) is 23.2 Å². The summed E-state index contributed by atoms with van der Waals surface area (Å²) in [6.45, 7) is 2.38. The summed E-state index contributed by atoms with van der Waals surface area (Å²) < 4.78 is 13.4. The van der Waals surface area contributed by atoms with Gasteiger partial charge in [0.1, 0.15) is 11.6 Å². The number of phenols is 1. The Morgan fingerprint density at radius 1 is 1.10 bits per heavy atom. The van der Waals surface area contributed by atoms with Gasteiger partial charge in [0, 0.05) is 11.1 Å². The van der Waals surface area contributed by atoms with Gasteiger partial charge in [-0.15, -0.1) is 0 Å². The molecule has 0 heterocycles. The van der Waals surface area contributed by atoms with Crippen molar-refractivity contribution in [3.63, 3.8) is 0 Å². The summed E-state index contributed by atoms with van der Waals surface area (Å²) in [5.41, 5.74) is 4.86. The zero-order valence-corrected chi connectivity index (χ0v) is 16.8. The molecule has 0 unspecified atom stereocenters. The van der Waals surface area contributed by atoms with Crippen LogP contribution < -0.4 is 0 Å². The molecule has 0 radical (unpaired) electrons. The molecule has 2 fully saturated rings. The second-order valence-electron chi connectivity index (χ2n) is 9.14. The second-order valence-corrected chi connectivity index (χ2v) is 9.14. The van der Waals surface area contributed by atoms with Crippen molar-refractivity contribution in [2.75, 3.05) is 0 Å². The van der Waals surface area contributed by atoms with Crippen molar-refractivity contribution in [2.24, 2.45) is 27.5 Å². The normalized spacial score (nSPS) is 32.2. The van der Waals surface area contributed by atoms with Crippen LogP contribution in [0, 0.1) is 23.1 Å². The summed E-state index contributed by atoms with van der Waals surface area (Å²) in [6.07, 6.45) is 8.40. The van der Waals surface area contributed by atoms with Gasteiger partial charge in [-0.1, -0.05) is 25.1 Å². The van der Waals surface area contributed by atoms with Crippen molar-refractivity contribution in [1.82, 2.24) is 0 Å². The Morgan fingerprint density at radius 3 is 2.86 bits per heavy atom. The first-order chi connectivity index (χ1) is 14.0. The molecule has 0 bridgehead atoms. The summed E-state index contributed by atoms with van der Waals surface area (Å²) in [5.74, 6) is 2.07. The predicted molar refractivity (Wildman–Crippen MR) is 114 cm³/mol. The van der Waals surface area contributed by atoms with Gasteiger partial charge in [0.05, 0.1) is 6.21 Å². The van der Waals surface area contributed by atoms with Gasteiger partial charge in [0.25, 0.3) is 0 Å². The van der Waals surface area contributed by atoms with Gasteiger partial charge in [0.15, 0.2) is 0 Å². The number of halogens is 1. The summed E-state index contributed by atoms with van der Waals surface area (Å²) in [7, 11) is 0. The number of hydrogen-bond acceptors (Lipinski definition) is 3. The van der Waals surface area contributed by atoms with Crippen molar-refractivity contribution >= 4 is 11.9 Å². The quantitative estimate of drug-likeness (QED) is 0.506. The van der Waals surface area contributed by atoms with Gasteiger partial charge in [-0.05, 0) is 97.2 Å². The molecule has 29 heavy (non-hydrogen) atoms. The van der Waals surface area contributed by atoms with E-state index >= 15 is 0 Å². The van der Waals surface area contributed by atoms with E-state index < -0.39 is 0 Å². The van der Waals surface area contributed by atoms with Crippen molar-refractivity contribution < 1.29 is 9.50 Å². The van der Waals surface area contributed by atoms with E-state index in [4.69, 9.17) is 0 Å². The van der Waals surface area contributed by atoms with E-state index in [9.17, 15) is 9.50 Å². The Morgan fingerprint density at radius 2 is 2.00 bits per heavy atom. The summed E-state index contributed by atoms with van der Waals surface area (Å²) in [5, 5.41) is 18.8. The molecule has 0 aliphatic heterocycles. The number of hydrogen-bond donors (Lipinski definition) is 1. The Labute approximate surface area is 171 Å². The predicted octanol–water partition coefficient (Wildman–Crippen LogP) is 5.86. The van der Waals surface area contributed by atoms with E-state index in [1.165, 1.54) is 48.2 Å². The van der Waals surface area contributed by atoms with E-state index in [1.54, 1.807) is 12.3 Å². The molecule has 0 aromatic heterocycles. The molecule has 2 saturated carbocycles. The maximum Gasteiger partial charge on any atom is 0.123 e. The Hall–Kier alpha value is -2.49. The van der Waals surface area contributed by atoms with Gasteiger partial charge >= 0.3 is 0 Å². The van der Waals surface area contributed by atoms with Crippen LogP contribution in [0.2, 0.25) is 0 Å². The number of aryl methyl sites for hydroxylation is 1. The molecule has 0 saturated heterocycles. The highest BCUT2D eigenvalue weighted by Gasteiger charge is 2.53. The fourth-order valence-corrected chi connectivity index (χ4v) is 6.27. The maximum atomic E-state index is 13.4. The van der Waals surface area contributed by atoms with Gasteiger partial charge in [-0.3, -0.25) is 0 Å². The van der Waals surface area contributed by atoms with E-state index in [-0.39, 0.29) is 11.2 Å². The zero-order chi connectivity index (χ0) is 20.0. The number of rotatable bonds is 2. The SMILES string of the molecule is C[C@]12CC[C@H]3c4ccc(O)cc4CC[C@@H]3[C@@H]1CC/C2=N/N=C\c1cccc(F)c1. The molecule has 150 valence electrons. The lowest BCUT2D eigenvalue weighted by molar-refractivity contribution is 0.0955. The number of nitrogens with zero attached hydrogens (tertiary/aromatic N) is 2. The first kappa shape index (κ1) is 18.5. The highest BCUT2D eigenvalue weighted by molar-refractivity contribution is 5.93. The minimum atomic E-state index is -0.251. The van der Waals surface area contributed by atoms with Gasteiger partial charge in [-0.25, -0.2) is 4.39 Å². The second kappa shape index (κ2) is 7.08. The van der Waals surface area contributed by atoms with Crippen LogP contribution in [0.5, 0.6) is 5.75 Å². The van der Waals surface area contributed by atoms with E-state index in [0.717, 1.165) is 24.8 Å². The minimum Gasteiger partial charge on any atom is -0.508 e. The number of aromatic hydroxyl groups is 1. The monoisotopic (exact) mass is 390 g/mol. The highest BCUT2D eigenvalue weighted by atomic mass is 19.1. The molecule has 2 aromatic rings. The fourth-order valence-electron chi connectivity index (χ4n) is 6.27. The number of fused-ring (bicyclic) bond motifs is 5. The van der Waals surface area contributed by atoms with Crippen LogP contribution in [0.1, 0.15) is 61.6 Å². The molecule has 0 spiro atoms. The Kier molecular flexibility index (Phi) is 4.53. The molecule has 4 heteroatoms. The van der Waals surface area contributed by atoms with Crippen molar-refractivity contribution in [3.8, 4) is 5.75 Å². The third-order valence-electron chi connectivity index (χ3n) is 7.69. The van der Waals surface area contributed by atoms with Gasteiger partial charge < -0.3 is 5.11 Å². The van der Waals surface area contributed by atoms with E-state index in [1.807, 2.05) is 18.2 Å². The van der Waals surface area contributed by atoms with Gasteiger partial charge in [0.2, 0.25) is 0 Å². The Balaban J connectivity index is 1.38. The standard InChI is InChI=1S/C25H27FN2O/c1-25-12-11-21-20-8-6-19(29)14-17(20)5-7-22(21)23(25)9-10-24(25)28-27-15-16-3-2-4-18(26)13-16/h2-4,6,8,13-15,21-23,29H,5,7,9-12H2,1H3/b27-15-,28-24-/t21-,22-,23-,25-/m0/s1. The summed E-state index contributed by atoms with van der Waals surface area (Å²) in [6, 6.07) is 12.4. The molecule has 0 amide bonds. The smallest absolute Gasteiger partial charge is 0.123 e. The van der Waals surface area contributed by atoms with Crippen LogP contribution in [0.25, 0.3) is 0 Å². The first-order valence-electron chi connectivity index (χ1n) is 10.7. The third-order valence-corrected chi connectivity index (χ3v) is 7.69. The molecule has 3 aliphatic rings. The molecule has 3 aliphatic carbocycles. The van der Waals surface area contributed by atoms with Crippen LogP contribution >= 0.6 is 0 Å². The zero-order valence-electron chi connectivity index (χ0n) is 16.8. The van der Waals surface area contributed by atoms with Crippen LogP contribution in [0.15, 0.2) is 52.7 Å². The highest BCUT2D eigenvalue weighted by Crippen LogP contribution is 2.60. The lowest BCUT2D eigenvalue weighted by atomic mass is 9.55. The largest absolute Gasteiger partial charge is 0.508 e. The van der Waals surface area contributed by atoms with Crippen molar-refractivity contribution in [2.45, 2.75) is 51.4 Å². The number of phenolic OH excluding ortho intramolecular Hbond substituents is 1. The molecular formula is C25H27FN2O. The topological polar surface area (TPSA) is 45.0 Å². The minimum absolute atomic E-state index is 0.120. The third kappa shape index (κ3) is 3.19. The molecule has 4 atom stereocenters. The van der Waals surface area contributed by atoms with Crippen LogP contribution in [-0.2, 0) is 6.42 Å². The van der Waals surface area contributed by atoms with Gasteiger partial charge in [-0.2, -0.15) is 10.2 Å². The Bertz CT molecular complexity index is 998. The van der Waals surface area contributed by atoms with Crippen molar-refractivity contribution in [3.05, 3.63) is 65.0 Å². The van der Waals surface area contributed by atoms with Crippen LogP contribution in [0.3, 0.4) is 0 Å². The van der Waals surface area contributed by atoms with Crippen molar-refractivity contribution in [1.29, 1.82) is 0 Å². The molecule has 5 rings (SSSR count). The number of benzene rings is 2. The average molecular weight is 391 g/mol. The van der Waals surface area contributed by atoms with Crippen LogP contribution in [-0.4, -0.2) is 17.0 Å². The molecule has 3 nitrogen and oxygen atoms in total.